The van der Waals surface area contributed by atoms with Gasteiger partial charge in [0.15, 0.2) is 0 Å². The van der Waals surface area contributed by atoms with E-state index in [4.69, 9.17) is 4.74 Å². The molecule has 0 aromatic heterocycles. The molecule has 15 heavy (non-hydrogen) atoms. The summed E-state index contributed by atoms with van der Waals surface area (Å²) in [5, 5.41) is 0. The maximum absolute atomic E-state index is 5.61. The van der Waals surface area contributed by atoms with Crippen LogP contribution in [0.1, 0.15) is 58.8 Å². The summed E-state index contributed by atoms with van der Waals surface area (Å²) in [6, 6.07) is 0. The van der Waals surface area contributed by atoms with E-state index in [0.717, 1.165) is 24.9 Å². The molecule has 0 rings (SSSR count). The highest BCUT2D eigenvalue weighted by Crippen LogP contribution is 2.08. The Morgan fingerprint density at radius 1 is 1.00 bits per heavy atom. The van der Waals surface area contributed by atoms with Gasteiger partial charge in [-0.15, -0.1) is 0 Å². The van der Waals surface area contributed by atoms with Crippen LogP contribution >= 0.6 is 12.6 Å². The molecule has 1 atom stereocenters. The van der Waals surface area contributed by atoms with Gasteiger partial charge in [0.1, 0.15) is 0 Å². The SMILES string of the molecule is CCCCCCCOCCC(C)CCS. The van der Waals surface area contributed by atoms with Crippen molar-refractivity contribution in [3.63, 3.8) is 0 Å². The topological polar surface area (TPSA) is 9.23 Å². The summed E-state index contributed by atoms with van der Waals surface area (Å²) in [5.41, 5.74) is 0. The van der Waals surface area contributed by atoms with Crippen LogP contribution in [0.15, 0.2) is 0 Å². The molecule has 92 valence electrons. The quantitative estimate of drug-likeness (QED) is 0.412. The molecule has 0 fully saturated rings. The molecule has 0 aliphatic heterocycles. The summed E-state index contributed by atoms with van der Waals surface area (Å²) in [6.45, 7) is 6.42. The van der Waals surface area contributed by atoms with Crippen molar-refractivity contribution in [3.8, 4) is 0 Å². The van der Waals surface area contributed by atoms with Crippen molar-refractivity contribution in [3.05, 3.63) is 0 Å². The Hall–Kier alpha value is 0.310. The fourth-order valence-electron chi connectivity index (χ4n) is 1.56. The van der Waals surface area contributed by atoms with Crippen molar-refractivity contribution in [1.29, 1.82) is 0 Å². The van der Waals surface area contributed by atoms with E-state index in [-0.39, 0.29) is 0 Å². The first-order chi connectivity index (χ1) is 7.31. The Balaban J connectivity index is 2.98. The first-order valence-corrected chi connectivity index (χ1v) is 7.13. The van der Waals surface area contributed by atoms with Crippen LogP contribution in [0.4, 0.5) is 0 Å². The highest BCUT2D eigenvalue weighted by atomic mass is 32.1. The number of hydrogen-bond donors (Lipinski definition) is 1. The minimum absolute atomic E-state index is 0.766. The molecule has 0 saturated carbocycles. The van der Waals surface area contributed by atoms with Crippen LogP contribution in [0.25, 0.3) is 0 Å². The minimum Gasteiger partial charge on any atom is -0.381 e. The second kappa shape index (κ2) is 12.4. The molecule has 0 bridgehead atoms. The zero-order chi connectivity index (χ0) is 11.4. The van der Waals surface area contributed by atoms with E-state index in [2.05, 4.69) is 26.5 Å². The van der Waals surface area contributed by atoms with Crippen molar-refractivity contribution < 1.29 is 4.74 Å². The van der Waals surface area contributed by atoms with Crippen LogP contribution in [0.2, 0.25) is 0 Å². The first kappa shape index (κ1) is 15.3. The smallest absolute Gasteiger partial charge is 0.0468 e. The van der Waals surface area contributed by atoms with Gasteiger partial charge in [-0.3, -0.25) is 0 Å². The molecule has 1 unspecified atom stereocenters. The third kappa shape index (κ3) is 12.2. The number of hydrogen-bond acceptors (Lipinski definition) is 2. The summed E-state index contributed by atoms with van der Waals surface area (Å²) < 4.78 is 5.61. The van der Waals surface area contributed by atoms with Crippen LogP contribution in [0.5, 0.6) is 0 Å². The van der Waals surface area contributed by atoms with E-state index in [1.807, 2.05) is 0 Å². The molecular formula is C13H28OS. The fourth-order valence-corrected chi connectivity index (χ4v) is 2.00. The second-order valence-electron chi connectivity index (χ2n) is 4.43. The minimum atomic E-state index is 0.766. The Labute approximate surface area is 101 Å². The normalized spacial score (nSPS) is 13.0. The monoisotopic (exact) mass is 232 g/mol. The molecule has 0 heterocycles. The lowest BCUT2D eigenvalue weighted by Crippen LogP contribution is -2.03. The number of thiol groups is 1. The van der Waals surface area contributed by atoms with Gasteiger partial charge in [0.2, 0.25) is 0 Å². The molecule has 0 N–H and O–H groups in total. The van der Waals surface area contributed by atoms with Crippen LogP contribution in [0.3, 0.4) is 0 Å². The zero-order valence-electron chi connectivity index (χ0n) is 10.5. The van der Waals surface area contributed by atoms with Gasteiger partial charge < -0.3 is 4.74 Å². The average Bonchev–Trinajstić information content (AvgIpc) is 2.22. The summed E-state index contributed by atoms with van der Waals surface area (Å²) in [6.07, 6.45) is 9.04. The third-order valence-corrected chi connectivity index (χ3v) is 3.03. The van der Waals surface area contributed by atoms with Crippen molar-refractivity contribution in [2.45, 2.75) is 58.8 Å². The van der Waals surface area contributed by atoms with Crippen molar-refractivity contribution in [2.75, 3.05) is 19.0 Å². The molecule has 0 amide bonds. The van der Waals surface area contributed by atoms with Crippen LogP contribution in [-0.2, 0) is 4.74 Å². The van der Waals surface area contributed by atoms with E-state index in [9.17, 15) is 0 Å². The molecule has 1 nitrogen and oxygen atoms in total. The van der Waals surface area contributed by atoms with E-state index >= 15 is 0 Å². The van der Waals surface area contributed by atoms with Crippen molar-refractivity contribution in [1.82, 2.24) is 0 Å². The van der Waals surface area contributed by atoms with E-state index in [0.29, 0.717) is 0 Å². The lowest BCUT2D eigenvalue weighted by atomic mass is 10.1. The molecule has 0 aromatic rings. The number of unbranched alkanes of at least 4 members (excludes halogenated alkanes) is 4. The predicted octanol–water partition coefficient (Wildman–Crippen LogP) is 4.32. The van der Waals surface area contributed by atoms with Crippen LogP contribution < -0.4 is 0 Å². The van der Waals surface area contributed by atoms with Crippen molar-refractivity contribution in [2.24, 2.45) is 5.92 Å². The summed E-state index contributed by atoms with van der Waals surface area (Å²) in [5.74, 6) is 1.76. The van der Waals surface area contributed by atoms with E-state index < -0.39 is 0 Å². The van der Waals surface area contributed by atoms with Gasteiger partial charge in [0.05, 0.1) is 0 Å². The first-order valence-electron chi connectivity index (χ1n) is 6.49. The lowest BCUT2D eigenvalue weighted by molar-refractivity contribution is 0.117. The molecule has 0 radical (unpaired) electrons. The van der Waals surface area contributed by atoms with Gasteiger partial charge in [-0.1, -0.05) is 39.5 Å². The Bertz CT molecular complexity index is 117. The zero-order valence-corrected chi connectivity index (χ0v) is 11.4. The lowest BCUT2D eigenvalue weighted by Gasteiger charge is -2.09. The number of ether oxygens (including phenoxy) is 1. The molecular weight excluding hydrogens is 204 g/mol. The molecule has 0 aliphatic carbocycles. The van der Waals surface area contributed by atoms with E-state index in [1.165, 1.54) is 44.9 Å². The standard InChI is InChI=1S/C13H28OS/c1-3-4-5-6-7-10-14-11-8-13(2)9-12-15/h13,15H,3-12H2,1-2H3. The summed E-state index contributed by atoms with van der Waals surface area (Å²) in [7, 11) is 0. The largest absolute Gasteiger partial charge is 0.381 e. The van der Waals surface area contributed by atoms with Gasteiger partial charge in [-0.2, -0.15) is 12.6 Å². The van der Waals surface area contributed by atoms with E-state index in [1.54, 1.807) is 0 Å². The highest BCUT2D eigenvalue weighted by Gasteiger charge is 2.00. The van der Waals surface area contributed by atoms with Gasteiger partial charge >= 0.3 is 0 Å². The third-order valence-electron chi connectivity index (χ3n) is 2.77. The van der Waals surface area contributed by atoms with Gasteiger partial charge in [0, 0.05) is 13.2 Å². The maximum Gasteiger partial charge on any atom is 0.0468 e. The number of rotatable bonds is 11. The van der Waals surface area contributed by atoms with Gasteiger partial charge in [0.25, 0.3) is 0 Å². The molecule has 0 saturated heterocycles. The summed E-state index contributed by atoms with van der Waals surface area (Å²) in [4.78, 5) is 0. The summed E-state index contributed by atoms with van der Waals surface area (Å²) >= 11 is 4.23. The second-order valence-corrected chi connectivity index (χ2v) is 4.88. The molecule has 2 heteroatoms. The Morgan fingerprint density at radius 3 is 2.40 bits per heavy atom. The average molecular weight is 232 g/mol. The van der Waals surface area contributed by atoms with Gasteiger partial charge in [-0.25, -0.2) is 0 Å². The maximum atomic E-state index is 5.61. The Kier molecular flexibility index (Phi) is 12.6. The highest BCUT2D eigenvalue weighted by molar-refractivity contribution is 7.80. The van der Waals surface area contributed by atoms with Gasteiger partial charge in [-0.05, 0) is 30.9 Å². The molecule has 0 spiro atoms. The Morgan fingerprint density at radius 2 is 1.73 bits per heavy atom. The molecule has 0 aliphatic rings. The molecule has 0 aromatic carbocycles. The predicted molar refractivity (Wildman–Crippen MR) is 71.8 cm³/mol. The van der Waals surface area contributed by atoms with Crippen molar-refractivity contribution >= 4 is 12.6 Å². The fraction of sp³-hybridized carbons (Fsp3) is 1.00. The van der Waals surface area contributed by atoms with Crippen LogP contribution in [0, 0.1) is 5.92 Å². The van der Waals surface area contributed by atoms with Crippen LogP contribution in [-0.4, -0.2) is 19.0 Å².